The molecule has 1 aromatic carbocycles. The van der Waals surface area contributed by atoms with Gasteiger partial charge in [-0.1, -0.05) is 12.1 Å². The fourth-order valence-electron chi connectivity index (χ4n) is 1.71. The van der Waals surface area contributed by atoms with Crippen LogP contribution in [0.25, 0.3) is 0 Å². The lowest BCUT2D eigenvalue weighted by molar-refractivity contribution is 0.259. The number of rotatable bonds is 2. The van der Waals surface area contributed by atoms with Crippen LogP contribution in [0, 0.1) is 6.92 Å². The highest BCUT2D eigenvalue weighted by atomic mass is 16.5. The number of nitrogens with zero attached hydrogens (tertiary/aromatic N) is 1. The summed E-state index contributed by atoms with van der Waals surface area (Å²) in [5, 5.41) is 8.65. The summed E-state index contributed by atoms with van der Waals surface area (Å²) in [6.45, 7) is 3.46. The van der Waals surface area contributed by atoms with Crippen molar-refractivity contribution in [2.45, 2.75) is 6.92 Å². The van der Waals surface area contributed by atoms with E-state index in [1.54, 1.807) is 13.2 Å². The molecule has 2 rings (SSSR count). The number of nitrogens with one attached hydrogen (secondary N) is 3. The number of para-hydroxylation sites is 1. The third-order valence-electron chi connectivity index (χ3n) is 2.61. The second-order valence-electron chi connectivity index (χ2n) is 3.90. The summed E-state index contributed by atoms with van der Waals surface area (Å²) in [6, 6.07) is 5.13. The lowest BCUT2D eigenvalue weighted by Crippen LogP contribution is -2.26. The fraction of sp³-hybridized carbons (Fsp3) is 0.333. The fourth-order valence-corrected chi connectivity index (χ4v) is 1.71. The smallest absolute Gasteiger partial charge is 0.348 e. The van der Waals surface area contributed by atoms with E-state index in [2.05, 4.69) is 20.9 Å². The number of hydrogen-bond donors (Lipinski definition) is 3. The van der Waals surface area contributed by atoms with Gasteiger partial charge in [0.05, 0.1) is 12.8 Å². The number of urea groups is 1. The van der Waals surface area contributed by atoms with Gasteiger partial charge in [-0.3, -0.25) is 0 Å². The molecule has 3 N–H and O–H groups in total. The van der Waals surface area contributed by atoms with Gasteiger partial charge in [0.15, 0.2) is 0 Å². The maximum absolute atomic E-state index is 11.8. The second kappa shape index (κ2) is 5.39. The topological polar surface area (TPSA) is 74.8 Å². The molecule has 1 fully saturated rings. The van der Waals surface area contributed by atoms with Crippen LogP contribution >= 0.6 is 0 Å². The summed E-state index contributed by atoms with van der Waals surface area (Å²) in [6.07, 6.45) is 0. The first kappa shape index (κ1) is 12.2. The maximum Gasteiger partial charge on any atom is 0.348 e. The Bertz CT molecular complexity index is 477. The van der Waals surface area contributed by atoms with Gasteiger partial charge in [0, 0.05) is 13.1 Å². The lowest BCUT2D eigenvalue weighted by Gasteiger charge is -2.11. The predicted octanol–water partition coefficient (Wildman–Crippen LogP) is 1.08. The molecule has 0 spiro atoms. The van der Waals surface area contributed by atoms with Crippen LogP contribution in [0.15, 0.2) is 23.2 Å². The summed E-state index contributed by atoms with van der Waals surface area (Å²) in [5.41, 5.74) is 1.57. The van der Waals surface area contributed by atoms with Crippen LogP contribution in [0.4, 0.5) is 10.5 Å². The van der Waals surface area contributed by atoms with Gasteiger partial charge in [-0.05, 0) is 18.6 Å². The number of hydrogen-bond acceptors (Lipinski definition) is 2. The van der Waals surface area contributed by atoms with Crippen LogP contribution in [-0.2, 0) is 0 Å². The van der Waals surface area contributed by atoms with Gasteiger partial charge in [0.1, 0.15) is 5.75 Å². The standard InChI is InChI=1S/C12H16N4O2/c1-8-4-3-5-9(18-2)10(8)15-12(17)16-11-13-6-7-14-11/h3-5H,6-7H2,1-2H3,(H3,13,14,15,16,17). The van der Waals surface area contributed by atoms with E-state index in [4.69, 9.17) is 4.74 Å². The molecule has 0 radical (unpaired) electrons. The van der Waals surface area contributed by atoms with Gasteiger partial charge in [-0.2, -0.15) is 4.99 Å². The van der Waals surface area contributed by atoms with Crippen LogP contribution in [0.5, 0.6) is 5.75 Å². The van der Waals surface area contributed by atoms with Crippen molar-refractivity contribution in [3.63, 3.8) is 0 Å². The van der Waals surface area contributed by atoms with Crippen LogP contribution in [0.2, 0.25) is 0 Å². The van der Waals surface area contributed by atoms with Crippen molar-refractivity contribution in [1.82, 2.24) is 10.6 Å². The van der Waals surface area contributed by atoms with E-state index in [1.807, 2.05) is 19.1 Å². The van der Waals surface area contributed by atoms with E-state index >= 15 is 0 Å². The maximum atomic E-state index is 11.8. The Kier molecular flexibility index (Phi) is 3.66. The van der Waals surface area contributed by atoms with Crippen molar-refractivity contribution >= 4 is 17.7 Å². The largest absolute Gasteiger partial charge is 0.495 e. The predicted molar refractivity (Wildman–Crippen MR) is 70.2 cm³/mol. The number of benzene rings is 1. The van der Waals surface area contributed by atoms with Gasteiger partial charge in [0.2, 0.25) is 5.96 Å². The average Bonchev–Trinajstić information content (AvgIpc) is 2.84. The first-order chi connectivity index (χ1) is 8.70. The Labute approximate surface area is 105 Å². The highest BCUT2D eigenvalue weighted by Gasteiger charge is 2.11. The van der Waals surface area contributed by atoms with E-state index in [9.17, 15) is 4.79 Å². The molecular formula is C12H16N4O2. The first-order valence-corrected chi connectivity index (χ1v) is 5.71. The Morgan fingerprint density at radius 1 is 1.39 bits per heavy atom. The molecule has 1 heterocycles. The van der Waals surface area contributed by atoms with E-state index in [0.717, 1.165) is 18.7 Å². The Hall–Kier alpha value is -2.24. The Balaban J connectivity index is 2.13. The molecule has 0 bridgehead atoms. The van der Waals surface area contributed by atoms with Crippen LogP contribution < -0.4 is 20.7 Å². The normalized spacial score (nSPS) is 13.6. The highest BCUT2D eigenvalue weighted by Crippen LogP contribution is 2.27. The first-order valence-electron chi connectivity index (χ1n) is 5.71. The molecule has 0 unspecified atom stereocenters. The van der Waals surface area contributed by atoms with Gasteiger partial charge in [-0.25, -0.2) is 4.79 Å². The average molecular weight is 248 g/mol. The quantitative estimate of drug-likeness (QED) is 0.732. The number of anilines is 1. The van der Waals surface area contributed by atoms with Crippen molar-refractivity contribution < 1.29 is 9.53 Å². The summed E-state index contributed by atoms with van der Waals surface area (Å²) >= 11 is 0. The molecule has 0 aliphatic carbocycles. The van der Waals surface area contributed by atoms with E-state index in [1.165, 1.54) is 0 Å². The van der Waals surface area contributed by atoms with Gasteiger partial charge in [0.25, 0.3) is 0 Å². The number of aliphatic imine (C=N–C) groups is 1. The minimum absolute atomic E-state index is 0.431. The Morgan fingerprint density at radius 2 is 2.11 bits per heavy atom. The van der Waals surface area contributed by atoms with Crippen molar-refractivity contribution in [3.05, 3.63) is 23.8 Å². The lowest BCUT2D eigenvalue weighted by atomic mass is 10.2. The van der Waals surface area contributed by atoms with Crippen molar-refractivity contribution in [1.29, 1.82) is 0 Å². The van der Waals surface area contributed by atoms with Crippen LogP contribution in [0.3, 0.4) is 0 Å². The number of aryl methyl sites for hydroxylation is 1. The molecule has 1 aromatic rings. The summed E-state index contributed by atoms with van der Waals surface area (Å²) in [5.74, 6) is 1.12. The van der Waals surface area contributed by atoms with E-state index in [0.29, 0.717) is 17.4 Å². The molecule has 2 amide bonds. The monoisotopic (exact) mass is 248 g/mol. The number of carbonyl (C=O) groups excluding carboxylic acids is 1. The van der Waals surface area contributed by atoms with Gasteiger partial charge >= 0.3 is 6.03 Å². The van der Waals surface area contributed by atoms with Crippen LogP contribution in [-0.4, -0.2) is 32.2 Å². The molecule has 0 atom stereocenters. The second-order valence-corrected chi connectivity index (χ2v) is 3.90. The Morgan fingerprint density at radius 3 is 2.78 bits per heavy atom. The zero-order valence-corrected chi connectivity index (χ0v) is 10.4. The third-order valence-corrected chi connectivity index (χ3v) is 2.61. The van der Waals surface area contributed by atoms with E-state index in [-0.39, 0.29) is 0 Å². The molecule has 6 nitrogen and oxygen atoms in total. The number of ether oxygens (including phenoxy) is 1. The molecule has 1 saturated heterocycles. The molecule has 1 aliphatic heterocycles. The van der Waals surface area contributed by atoms with Gasteiger partial charge in [-0.15, -0.1) is 0 Å². The molecule has 0 aromatic heterocycles. The summed E-state index contributed by atoms with van der Waals surface area (Å²) in [4.78, 5) is 15.6. The minimum Gasteiger partial charge on any atom is -0.495 e. The molecular weight excluding hydrogens is 232 g/mol. The zero-order valence-electron chi connectivity index (χ0n) is 10.4. The SMILES string of the molecule is COc1cccc(C)c1NC(=O)N=C1NCCN1. The number of carbonyl (C=O) groups is 1. The zero-order chi connectivity index (χ0) is 13.0. The van der Waals surface area contributed by atoms with Crippen molar-refractivity contribution in [3.8, 4) is 5.75 Å². The summed E-state index contributed by atoms with van der Waals surface area (Å²) in [7, 11) is 1.57. The third kappa shape index (κ3) is 2.71. The molecule has 96 valence electrons. The molecule has 18 heavy (non-hydrogen) atoms. The molecule has 6 heteroatoms. The summed E-state index contributed by atoms with van der Waals surface area (Å²) < 4.78 is 5.20. The van der Waals surface area contributed by atoms with Crippen molar-refractivity contribution in [2.24, 2.45) is 4.99 Å². The number of guanidine groups is 1. The number of amides is 2. The van der Waals surface area contributed by atoms with E-state index < -0.39 is 6.03 Å². The van der Waals surface area contributed by atoms with Gasteiger partial charge < -0.3 is 20.7 Å². The molecule has 0 saturated carbocycles. The minimum atomic E-state index is -0.431. The van der Waals surface area contributed by atoms with Crippen LogP contribution in [0.1, 0.15) is 5.56 Å². The van der Waals surface area contributed by atoms with Crippen molar-refractivity contribution in [2.75, 3.05) is 25.5 Å². The molecule has 1 aliphatic rings. The highest BCUT2D eigenvalue weighted by molar-refractivity contribution is 6.00. The number of methoxy groups -OCH3 is 1.